The van der Waals surface area contributed by atoms with E-state index in [1.54, 1.807) is 25.1 Å². The second kappa shape index (κ2) is 6.65. The van der Waals surface area contributed by atoms with Gasteiger partial charge in [0.25, 0.3) is 0 Å². The fraction of sp³-hybridized carbons (Fsp3) is 0.211. The highest BCUT2D eigenvalue weighted by Crippen LogP contribution is 2.36. The van der Waals surface area contributed by atoms with E-state index in [1.165, 1.54) is 17.0 Å². The first-order valence-corrected chi connectivity index (χ1v) is 8.04. The van der Waals surface area contributed by atoms with Gasteiger partial charge in [0.2, 0.25) is 0 Å². The zero-order valence-corrected chi connectivity index (χ0v) is 14.3. The van der Waals surface area contributed by atoms with Crippen molar-refractivity contribution in [1.29, 1.82) is 0 Å². The molecular formula is C19H18ClFN2O. The number of carbonyl (C=O) groups is 1. The molecule has 1 aliphatic heterocycles. The molecule has 2 amide bonds. The predicted octanol–water partition coefficient (Wildman–Crippen LogP) is 4.60. The molecule has 3 nitrogen and oxygen atoms in total. The summed E-state index contributed by atoms with van der Waals surface area (Å²) in [5, 5.41) is 0.473. The molecule has 0 aliphatic carbocycles. The minimum Gasteiger partial charge on any atom is -0.331 e. The Labute approximate surface area is 145 Å². The van der Waals surface area contributed by atoms with Crippen LogP contribution in [0.5, 0.6) is 0 Å². The second-order valence-electron chi connectivity index (χ2n) is 5.98. The number of nitrogens with zero attached hydrogens (tertiary/aromatic N) is 2. The summed E-state index contributed by atoms with van der Waals surface area (Å²) >= 11 is 6.02. The van der Waals surface area contributed by atoms with Crippen LogP contribution in [-0.4, -0.2) is 36.5 Å². The first kappa shape index (κ1) is 16.5. The van der Waals surface area contributed by atoms with Crippen LogP contribution in [0.1, 0.15) is 17.2 Å². The van der Waals surface area contributed by atoms with E-state index in [9.17, 15) is 9.18 Å². The first-order valence-electron chi connectivity index (χ1n) is 7.66. The number of hydrogen-bond donors (Lipinski definition) is 0. The molecule has 124 valence electrons. The summed E-state index contributed by atoms with van der Waals surface area (Å²) < 4.78 is 14.2. The van der Waals surface area contributed by atoms with Crippen molar-refractivity contribution in [2.45, 2.75) is 6.04 Å². The summed E-state index contributed by atoms with van der Waals surface area (Å²) in [6, 6.07) is 13.9. The van der Waals surface area contributed by atoms with E-state index in [4.69, 9.17) is 11.6 Å². The molecule has 0 N–H and O–H groups in total. The molecule has 1 atom stereocenters. The van der Waals surface area contributed by atoms with Crippen molar-refractivity contribution in [3.63, 3.8) is 0 Å². The highest BCUT2D eigenvalue weighted by atomic mass is 35.5. The van der Waals surface area contributed by atoms with Crippen LogP contribution in [0, 0.1) is 5.82 Å². The standard InChI is InChI=1S/C19H18ClFN2O/c1-22(2)19(24)23-12-14(16-11-15(20)8-9-17(16)21)10-18(23)13-6-4-3-5-7-13/h3-11,18H,12H2,1-2H3. The van der Waals surface area contributed by atoms with Crippen LogP contribution in [0.3, 0.4) is 0 Å². The molecule has 0 aromatic heterocycles. The Morgan fingerprint density at radius 3 is 2.58 bits per heavy atom. The van der Waals surface area contributed by atoms with Gasteiger partial charge in [-0.3, -0.25) is 0 Å². The minimum absolute atomic E-state index is 0.113. The van der Waals surface area contributed by atoms with Crippen LogP contribution in [0.4, 0.5) is 9.18 Å². The number of carbonyl (C=O) groups excluding carboxylic acids is 1. The van der Waals surface area contributed by atoms with Gasteiger partial charge in [-0.05, 0) is 29.3 Å². The third kappa shape index (κ3) is 3.15. The first-order chi connectivity index (χ1) is 11.5. The Balaban J connectivity index is 2.03. The summed E-state index contributed by atoms with van der Waals surface area (Å²) in [7, 11) is 3.42. The predicted molar refractivity (Wildman–Crippen MR) is 94.4 cm³/mol. The lowest BCUT2D eigenvalue weighted by Gasteiger charge is -2.28. The Bertz CT molecular complexity index is 789. The summed E-state index contributed by atoms with van der Waals surface area (Å²) in [4.78, 5) is 15.8. The lowest BCUT2D eigenvalue weighted by atomic mass is 10.0. The number of benzene rings is 2. The number of halogens is 2. The van der Waals surface area contributed by atoms with Crippen molar-refractivity contribution in [3.8, 4) is 0 Å². The summed E-state index contributed by atoms with van der Waals surface area (Å²) in [6.45, 7) is 0.341. The lowest BCUT2D eigenvalue weighted by Crippen LogP contribution is -2.39. The van der Waals surface area contributed by atoms with E-state index in [1.807, 2.05) is 36.4 Å². The van der Waals surface area contributed by atoms with Crippen molar-refractivity contribution in [1.82, 2.24) is 9.80 Å². The van der Waals surface area contributed by atoms with E-state index >= 15 is 0 Å². The minimum atomic E-state index is -0.336. The van der Waals surface area contributed by atoms with Crippen molar-refractivity contribution < 1.29 is 9.18 Å². The maximum absolute atomic E-state index is 14.2. The Morgan fingerprint density at radius 1 is 1.21 bits per heavy atom. The highest BCUT2D eigenvalue weighted by molar-refractivity contribution is 6.30. The lowest BCUT2D eigenvalue weighted by molar-refractivity contribution is 0.170. The molecule has 3 rings (SSSR count). The van der Waals surface area contributed by atoms with Crippen molar-refractivity contribution in [2.75, 3.05) is 20.6 Å². The molecule has 0 radical (unpaired) electrons. The zero-order valence-electron chi connectivity index (χ0n) is 13.5. The van der Waals surface area contributed by atoms with Gasteiger partial charge in [-0.25, -0.2) is 9.18 Å². The summed E-state index contributed by atoms with van der Waals surface area (Å²) in [5.74, 6) is -0.336. The molecule has 1 heterocycles. The molecular weight excluding hydrogens is 327 g/mol. The largest absolute Gasteiger partial charge is 0.331 e. The fourth-order valence-corrected chi connectivity index (χ4v) is 3.08. The van der Waals surface area contributed by atoms with Crippen molar-refractivity contribution in [2.24, 2.45) is 0 Å². The van der Waals surface area contributed by atoms with Crippen molar-refractivity contribution >= 4 is 23.2 Å². The molecule has 0 spiro atoms. The van der Waals surface area contributed by atoms with Gasteiger partial charge in [0.15, 0.2) is 0 Å². The number of hydrogen-bond acceptors (Lipinski definition) is 1. The Hall–Kier alpha value is -2.33. The maximum Gasteiger partial charge on any atom is 0.320 e. The third-order valence-electron chi connectivity index (χ3n) is 4.08. The van der Waals surface area contributed by atoms with Crippen LogP contribution in [0.2, 0.25) is 5.02 Å². The molecule has 0 fully saturated rings. The van der Waals surface area contributed by atoms with Gasteiger partial charge >= 0.3 is 6.03 Å². The van der Waals surface area contributed by atoms with Gasteiger partial charge in [0.05, 0.1) is 6.04 Å². The Morgan fingerprint density at radius 2 is 1.92 bits per heavy atom. The van der Waals surface area contributed by atoms with Gasteiger partial charge in [0, 0.05) is 31.2 Å². The molecule has 0 bridgehead atoms. The van der Waals surface area contributed by atoms with Gasteiger partial charge in [0.1, 0.15) is 5.82 Å². The van der Waals surface area contributed by atoms with E-state index in [0.29, 0.717) is 17.1 Å². The fourth-order valence-electron chi connectivity index (χ4n) is 2.90. The van der Waals surface area contributed by atoms with E-state index < -0.39 is 0 Å². The van der Waals surface area contributed by atoms with Gasteiger partial charge in [-0.15, -0.1) is 0 Å². The Kier molecular flexibility index (Phi) is 4.58. The van der Waals surface area contributed by atoms with E-state index in [-0.39, 0.29) is 17.9 Å². The van der Waals surface area contributed by atoms with Crippen LogP contribution in [0.15, 0.2) is 54.6 Å². The van der Waals surface area contributed by atoms with Crippen LogP contribution < -0.4 is 0 Å². The quantitative estimate of drug-likeness (QED) is 0.781. The number of urea groups is 1. The average Bonchev–Trinajstić information content (AvgIpc) is 3.02. The van der Waals surface area contributed by atoms with E-state index in [0.717, 1.165) is 11.1 Å². The summed E-state index contributed by atoms with van der Waals surface area (Å²) in [5.41, 5.74) is 2.20. The molecule has 1 aliphatic rings. The molecule has 2 aromatic rings. The van der Waals surface area contributed by atoms with Crippen molar-refractivity contribution in [3.05, 3.63) is 76.6 Å². The van der Waals surface area contributed by atoms with Gasteiger partial charge in [-0.2, -0.15) is 0 Å². The highest BCUT2D eigenvalue weighted by Gasteiger charge is 2.32. The number of amides is 2. The second-order valence-corrected chi connectivity index (χ2v) is 6.41. The van der Waals surface area contributed by atoms with Crippen LogP contribution in [-0.2, 0) is 0 Å². The molecule has 2 aromatic carbocycles. The van der Waals surface area contributed by atoms with Gasteiger partial charge in [-0.1, -0.05) is 48.0 Å². The van der Waals surface area contributed by atoms with E-state index in [2.05, 4.69) is 0 Å². The third-order valence-corrected chi connectivity index (χ3v) is 4.31. The van der Waals surface area contributed by atoms with Crippen LogP contribution in [0.25, 0.3) is 5.57 Å². The normalized spacial score (nSPS) is 16.9. The zero-order chi connectivity index (χ0) is 17.3. The summed E-state index contributed by atoms with van der Waals surface area (Å²) in [6.07, 6.45) is 1.94. The van der Waals surface area contributed by atoms with Gasteiger partial charge < -0.3 is 9.80 Å². The molecule has 0 saturated heterocycles. The van der Waals surface area contributed by atoms with Crippen LogP contribution >= 0.6 is 11.6 Å². The average molecular weight is 345 g/mol. The molecule has 1 unspecified atom stereocenters. The monoisotopic (exact) mass is 344 g/mol. The molecule has 5 heteroatoms. The topological polar surface area (TPSA) is 23.6 Å². The molecule has 24 heavy (non-hydrogen) atoms. The number of rotatable bonds is 2. The SMILES string of the molecule is CN(C)C(=O)N1CC(c2cc(Cl)ccc2F)=CC1c1ccccc1. The maximum atomic E-state index is 14.2. The molecule has 0 saturated carbocycles. The smallest absolute Gasteiger partial charge is 0.320 e.